The first-order chi connectivity index (χ1) is 64.9. The summed E-state index contributed by atoms with van der Waals surface area (Å²) in [6.07, 6.45) is 10.7. The van der Waals surface area contributed by atoms with Crippen LogP contribution in [0.1, 0.15) is 118 Å². The molecule has 622 valence electrons. The highest BCUT2D eigenvalue weighted by Crippen LogP contribution is 2.90. The highest BCUT2D eigenvalue weighted by Gasteiger charge is 2.85. The summed E-state index contributed by atoms with van der Waals surface area (Å²) in [6.45, 7) is 0. The maximum absolute atomic E-state index is 2.75. The highest BCUT2D eigenvalue weighted by atomic mass is 15.2. The predicted octanol–water partition coefficient (Wildman–Crippen LogP) is 32.4. The summed E-state index contributed by atoms with van der Waals surface area (Å²) in [6, 6.07) is 170. The molecule has 0 aromatic heterocycles. The fraction of sp³-hybridized carbons (Fsp3) is 0.163. The summed E-state index contributed by atoms with van der Waals surface area (Å²) in [5.41, 5.74) is 45.4. The third-order valence-electron chi connectivity index (χ3n) is 35.2. The van der Waals surface area contributed by atoms with Crippen molar-refractivity contribution in [1.82, 2.24) is 0 Å². The van der Waals surface area contributed by atoms with Gasteiger partial charge in [-0.3, -0.25) is 0 Å². The molecule has 0 aliphatic heterocycles. The molecule has 30 rings (SSSR count). The van der Waals surface area contributed by atoms with Crippen molar-refractivity contribution in [3.63, 3.8) is 0 Å². The summed E-state index contributed by atoms with van der Waals surface area (Å²) in [5.74, 6) is 5.56. The summed E-state index contributed by atoms with van der Waals surface area (Å²) in [5, 5.41) is 0. The van der Waals surface area contributed by atoms with Gasteiger partial charge < -0.3 is 9.80 Å². The van der Waals surface area contributed by atoms with Crippen LogP contribution in [0.15, 0.2) is 437 Å². The fourth-order valence-electron chi connectivity index (χ4n) is 31.1. The smallest absolute Gasteiger partial charge is 0.0714 e. The number of hydrogen-bond acceptors (Lipinski definition) is 2. The minimum absolute atomic E-state index is 0.0191. The van der Waals surface area contributed by atoms with Crippen LogP contribution in [0.2, 0.25) is 0 Å². The topological polar surface area (TPSA) is 6.48 Å². The first kappa shape index (κ1) is 74.5. The van der Waals surface area contributed by atoms with E-state index in [9.17, 15) is 0 Å². The molecule has 18 aromatic carbocycles. The summed E-state index contributed by atoms with van der Waals surface area (Å²) in [7, 11) is 0. The predicted molar refractivity (Wildman–Crippen MR) is 537 cm³/mol. The minimum atomic E-state index is -0.734. The highest BCUT2D eigenvalue weighted by molar-refractivity contribution is 6.05. The molecule has 2 heteroatoms. The number of fused-ring (bicyclic) bond motifs is 17. The van der Waals surface area contributed by atoms with Crippen molar-refractivity contribution in [3.05, 3.63) is 504 Å². The van der Waals surface area contributed by atoms with Crippen molar-refractivity contribution in [3.8, 4) is 100 Å². The molecule has 8 fully saturated rings. The number of hydrogen-bond donors (Lipinski definition) is 0. The Labute approximate surface area is 768 Å². The van der Waals surface area contributed by atoms with E-state index in [-0.39, 0.29) is 10.8 Å². The Balaban J connectivity index is 0.617. The SMILES string of the molecule is c1ccc(-c2cccc(N(c3ccc4c(c3)-c3ccccc3C4(c3ccccc3)c3ccccc3)c3ccc4c(c3)C3(c5cc(-c6cccc(C7(c8ccccc8)c8ccccc8-c8c(N(c9ccc%10c(c9)C9(c%11ccccc%11-%10)C%10CC%11CC(C%10)C9C%11)c9cccc(-c%10ccccc%10)c9-c9ccccc9)cccc87)c6)ccc5-4)C4CC5CC6CC3C64C5)c2-c2ccccc2)cc1. The molecule has 6 bridgehead atoms. The molecule has 0 amide bonds. The molecule has 2 nitrogen and oxygen atoms in total. The van der Waals surface area contributed by atoms with Gasteiger partial charge in [-0.15, -0.1) is 0 Å². The molecular weight excluding hydrogens is 1580 g/mol. The lowest BCUT2D eigenvalue weighted by Crippen LogP contribution is -2.73. The molecule has 12 atom stereocenters. The number of benzene rings is 18. The van der Waals surface area contributed by atoms with Crippen molar-refractivity contribution < 1.29 is 0 Å². The van der Waals surface area contributed by atoms with Crippen LogP contribution in [0.3, 0.4) is 0 Å². The quantitative estimate of drug-likeness (QED) is 0.101. The van der Waals surface area contributed by atoms with E-state index in [0.29, 0.717) is 29.1 Å². The Bertz CT molecular complexity index is 7710. The zero-order valence-electron chi connectivity index (χ0n) is 73.2. The Morgan fingerprint density at radius 3 is 1.21 bits per heavy atom. The monoisotopic (exact) mass is 1670 g/mol. The van der Waals surface area contributed by atoms with Crippen molar-refractivity contribution >= 4 is 34.1 Å². The van der Waals surface area contributed by atoms with Gasteiger partial charge in [0.2, 0.25) is 0 Å². The van der Waals surface area contributed by atoms with Gasteiger partial charge in [-0.05, 0) is 321 Å². The molecule has 0 saturated heterocycles. The van der Waals surface area contributed by atoms with E-state index in [1.807, 2.05) is 0 Å². The summed E-state index contributed by atoms with van der Waals surface area (Å²) >= 11 is 0. The largest absolute Gasteiger partial charge is 0.310 e. The second kappa shape index (κ2) is 27.8. The minimum Gasteiger partial charge on any atom is -0.310 e. The van der Waals surface area contributed by atoms with Crippen molar-refractivity contribution in [1.29, 1.82) is 0 Å². The van der Waals surface area contributed by atoms with E-state index in [4.69, 9.17) is 0 Å². The summed E-state index contributed by atoms with van der Waals surface area (Å²) < 4.78 is 0. The molecule has 18 aromatic rings. The van der Waals surface area contributed by atoms with Crippen molar-refractivity contribution in [2.45, 2.75) is 73.0 Å². The molecule has 0 heterocycles. The van der Waals surface area contributed by atoms with E-state index >= 15 is 0 Å². The van der Waals surface area contributed by atoms with E-state index in [1.165, 1.54) is 219 Å². The molecule has 3 spiro atoms. The maximum atomic E-state index is 2.75. The van der Waals surface area contributed by atoms with Crippen LogP contribution in [0.25, 0.3) is 100 Å². The van der Waals surface area contributed by atoms with Crippen LogP contribution in [0.5, 0.6) is 0 Å². The number of anilines is 6. The first-order valence-electron chi connectivity index (χ1n) is 48.3. The average Bonchev–Trinajstić information content (AvgIpc) is 1.45. The van der Waals surface area contributed by atoms with Crippen LogP contribution in [0.4, 0.5) is 34.1 Å². The van der Waals surface area contributed by atoms with Crippen molar-refractivity contribution in [2.24, 2.45) is 52.8 Å². The third kappa shape index (κ3) is 9.82. The molecule has 8 saturated carbocycles. The van der Waals surface area contributed by atoms with E-state index in [0.717, 1.165) is 40.7 Å². The van der Waals surface area contributed by atoms with E-state index in [2.05, 4.69) is 447 Å². The molecule has 12 unspecified atom stereocenters. The molecule has 0 radical (unpaired) electrons. The van der Waals surface area contributed by atoms with Gasteiger partial charge in [0, 0.05) is 44.6 Å². The second-order valence-electron chi connectivity index (χ2n) is 40.3. The Hall–Kier alpha value is -14.4. The molecule has 0 N–H and O–H groups in total. The third-order valence-corrected chi connectivity index (χ3v) is 35.2. The van der Waals surface area contributed by atoms with Gasteiger partial charge in [0.25, 0.3) is 0 Å². The lowest BCUT2D eigenvalue weighted by atomic mass is 9.27. The standard InChI is InChI=1S/C129H96N2/c1-8-32-83(33-9-1)99-51-29-57-117(122(99)85-36-12-3-13-37-85)130(96-63-67-111-107(77-96)102-49-23-25-53-108(102)126(111,90-41-16-5-17-42-90)91-43-18-6-19-44-91)97-61-65-105-103-64-60-88(75-114(103)129(116(105)78-97)120-72-82-70-94-76-121(129)125(94,120)80-82)87-40-28-47-93(73-87)127(92-45-20-7-21-46-92)110-55-27-24-50-106(110)124-112(127)56-31-59-119(124)131(118-58-30-52-100(84-34-10-2-11-35-84)123(118)86-38-14-4-15-39-86)98-62-66-104-101-48-22-26-54-109(101)128(115(104)79-98)95-69-81-68-89(74-95)113(128)71-81/h1-67,73,75,77-79,81-82,89,94-95,113,120-121H,68-72,74,76,80H2. The van der Waals surface area contributed by atoms with Crippen LogP contribution in [-0.4, -0.2) is 0 Å². The van der Waals surface area contributed by atoms with Gasteiger partial charge in [0.1, 0.15) is 0 Å². The van der Waals surface area contributed by atoms with Gasteiger partial charge in [0.05, 0.1) is 27.9 Å². The molecular formula is C129H96N2. The summed E-state index contributed by atoms with van der Waals surface area (Å²) in [4.78, 5) is 5.40. The number of nitrogens with zero attached hydrogens (tertiary/aromatic N) is 2. The zero-order valence-corrected chi connectivity index (χ0v) is 73.2. The molecule has 12 aliphatic carbocycles. The second-order valence-corrected chi connectivity index (χ2v) is 40.3. The van der Waals surface area contributed by atoms with Crippen LogP contribution >= 0.6 is 0 Å². The first-order valence-corrected chi connectivity index (χ1v) is 48.3. The Kier molecular flexibility index (Phi) is 15.8. The van der Waals surface area contributed by atoms with Crippen LogP contribution in [-0.2, 0) is 21.7 Å². The maximum Gasteiger partial charge on any atom is 0.0714 e. The lowest BCUT2D eigenvalue weighted by Gasteiger charge is -2.76. The van der Waals surface area contributed by atoms with Crippen LogP contribution in [0, 0.1) is 52.8 Å². The van der Waals surface area contributed by atoms with E-state index in [1.54, 1.807) is 16.7 Å². The lowest BCUT2D eigenvalue weighted by molar-refractivity contribution is -0.231. The molecule has 12 aliphatic rings. The van der Waals surface area contributed by atoms with Gasteiger partial charge in [-0.2, -0.15) is 0 Å². The zero-order chi connectivity index (χ0) is 85.6. The van der Waals surface area contributed by atoms with E-state index < -0.39 is 10.8 Å². The van der Waals surface area contributed by atoms with Gasteiger partial charge in [0.15, 0.2) is 0 Å². The average molecular weight is 1670 g/mol. The van der Waals surface area contributed by atoms with Gasteiger partial charge >= 0.3 is 0 Å². The molecule has 131 heavy (non-hydrogen) atoms. The Morgan fingerprint density at radius 1 is 0.206 bits per heavy atom. The Morgan fingerprint density at radius 2 is 0.611 bits per heavy atom. The van der Waals surface area contributed by atoms with Crippen molar-refractivity contribution in [2.75, 3.05) is 9.80 Å². The van der Waals surface area contributed by atoms with Crippen LogP contribution < -0.4 is 9.80 Å². The normalized spacial score (nSPS) is 24.3. The fourth-order valence-corrected chi connectivity index (χ4v) is 31.1. The van der Waals surface area contributed by atoms with Gasteiger partial charge in [-0.1, -0.05) is 370 Å². The van der Waals surface area contributed by atoms with Gasteiger partial charge in [-0.25, -0.2) is 0 Å². The number of rotatable bonds is 15.